The topological polar surface area (TPSA) is 42.0 Å². The van der Waals surface area contributed by atoms with E-state index in [1.807, 2.05) is 25.3 Å². The van der Waals surface area contributed by atoms with E-state index in [2.05, 4.69) is 48.4 Å². The number of benzene rings is 1. The molecule has 0 bridgehead atoms. The number of carbonyl (C=O) groups excluding carboxylic acids is 1. The first-order chi connectivity index (χ1) is 11.1. The average molecular weight is 310 g/mol. The molecule has 1 amide bonds. The Balaban J connectivity index is 1.84. The molecule has 1 heterocycles. The van der Waals surface area contributed by atoms with Gasteiger partial charge in [0.15, 0.2) is 0 Å². The van der Waals surface area contributed by atoms with Gasteiger partial charge < -0.3 is 5.32 Å². The van der Waals surface area contributed by atoms with E-state index >= 15 is 0 Å². The Labute approximate surface area is 139 Å². The predicted octanol–water partition coefficient (Wildman–Crippen LogP) is 3.74. The number of aromatic nitrogens is 1. The lowest BCUT2D eigenvalue weighted by Gasteiger charge is -2.13. The number of rotatable bonds is 7. The van der Waals surface area contributed by atoms with Crippen LogP contribution in [0, 0.1) is 5.92 Å². The standard InChI is InChI=1S/C20H26N2O/c1-15(2)13-17-6-8-19(9-7-17)16(3)20(23)22-12-10-18-5-4-11-21-14-18/h4-9,11,14-16H,10,12-13H2,1-3H3,(H,22,23). The van der Waals surface area contributed by atoms with E-state index in [0.29, 0.717) is 12.5 Å². The first-order valence-corrected chi connectivity index (χ1v) is 8.31. The number of nitrogens with one attached hydrogen (secondary N) is 1. The van der Waals surface area contributed by atoms with Crippen LogP contribution in [0.1, 0.15) is 43.4 Å². The van der Waals surface area contributed by atoms with Gasteiger partial charge >= 0.3 is 0 Å². The summed E-state index contributed by atoms with van der Waals surface area (Å²) in [6.45, 7) is 7.02. The van der Waals surface area contributed by atoms with Crippen LogP contribution in [0.4, 0.5) is 0 Å². The molecule has 1 atom stereocenters. The Bertz CT molecular complexity index is 605. The van der Waals surface area contributed by atoms with Crippen LogP contribution in [0.3, 0.4) is 0 Å². The molecule has 0 aliphatic carbocycles. The second-order valence-corrected chi connectivity index (χ2v) is 6.46. The van der Waals surface area contributed by atoms with Gasteiger partial charge in [-0.15, -0.1) is 0 Å². The first-order valence-electron chi connectivity index (χ1n) is 8.31. The monoisotopic (exact) mass is 310 g/mol. The molecule has 0 radical (unpaired) electrons. The maximum atomic E-state index is 12.3. The zero-order chi connectivity index (χ0) is 16.7. The molecule has 0 saturated carbocycles. The molecule has 3 heteroatoms. The maximum Gasteiger partial charge on any atom is 0.227 e. The highest BCUT2D eigenvalue weighted by molar-refractivity contribution is 5.83. The van der Waals surface area contributed by atoms with Crippen LogP contribution in [0.15, 0.2) is 48.8 Å². The molecule has 23 heavy (non-hydrogen) atoms. The van der Waals surface area contributed by atoms with Crippen molar-refractivity contribution in [2.45, 2.75) is 39.5 Å². The highest BCUT2D eigenvalue weighted by atomic mass is 16.1. The van der Waals surface area contributed by atoms with E-state index in [4.69, 9.17) is 0 Å². The van der Waals surface area contributed by atoms with Gasteiger partial charge in [0.2, 0.25) is 5.91 Å². The number of pyridine rings is 1. The molecular formula is C20H26N2O. The van der Waals surface area contributed by atoms with Crippen molar-refractivity contribution in [3.8, 4) is 0 Å². The normalized spacial score (nSPS) is 12.2. The fourth-order valence-electron chi connectivity index (χ4n) is 2.59. The van der Waals surface area contributed by atoms with Gasteiger partial charge in [-0.25, -0.2) is 0 Å². The van der Waals surface area contributed by atoms with Crippen molar-refractivity contribution in [3.05, 3.63) is 65.5 Å². The summed E-state index contributed by atoms with van der Waals surface area (Å²) < 4.78 is 0. The largest absolute Gasteiger partial charge is 0.355 e. The molecule has 1 unspecified atom stereocenters. The van der Waals surface area contributed by atoms with Crippen LogP contribution in [0.5, 0.6) is 0 Å². The molecule has 0 saturated heterocycles. The molecule has 2 rings (SSSR count). The van der Waals surface area contributed by atoms with E-state index in [0.717, 1.165) is 24.0 Å². The molecule has 1 N–H and O–H groups in total. The number of hydrogen-bond donors (Lipinski definition) is 1. The van der Waals surface area contributed by atoms with Crippen molar-refractivity contribution in [3.63, 3.8) is 0 Å². The predicted molar refractivity (Wildman–Crippen MR) is 94.3 cm³/mol. The van der Waals surface area contributed by atoms with Crippen LogP contribution in [-0.4, -0.2) is 17.4 Å². The fourth-order valence-corrected chi connectivity index (χ4v) is 2.59. The minimum Gasteiger partial charge on any atom is -0.355 e. The summed E-state index contributed by atoms with van der Waals surface area (Å²) >= 11 is 0. The molecular weight excluding hydrogens is 284 g/mol. The van der Waals surface area contributed by atoms with E-state index < -0.39 is 0 Å². The van der Waals surface area contributed by atoms with E-state index in [1.54, 1.807) is 6.20 Å². The van der Waals surface area contributed by atoms with E-state index in [9.17, 15) is 4.79 Å². The molecule has 2 aromatic rings. The summed E-state index contributed by atoms with van der Waals surface area (Å²) in [7, 11) is 0. The Morgan fingerprint density at radius 1 is 1.09 bits per heavy atom. The third kappa shape index (κ3) is 5.51. The average Bonchev–Trinajstić information content (AvgIpc) is 2.55. The highest BCUT2D eigenvalue weighted by Gasteiger charge is 2.14. The second-order valence-electron chi connectivity index (χ2n) is 6.46. The van der Waals surface area contributed by atoms with Crippen molar-refractivity contribution in [1.29, 1.82) is 0 Å². The Hall–Kier alpha value is -2.16. The molecule has 0 spiro atoms. The second kappa shape index (κ2) is 8.47. The molecule has 122 valence electrons. The van der Waals surface area contributed by atoms with Crippen molar-refractivity contribution in [1.82, 2.24) is 10.3 Å². The van der Waals surface area contributed by atoms with Crippen LogP contribution >= 0.6 is 0 Å². The highest BCUT2D eigenvalue weighted by Crippen LogP contribution is 2.17. The number of hydrogen-bond acceptors (Lipinski definition) is 2. The van der Waals surface area contributed by atoms with E-state index in [1.165, 1.54) is 5.56 Å². The van der Waals surface area contributed by atoms with Crippen molar-refractivity contribution < 1.29 is 4.79 Å². The van der Waals surface area contributed by atoms with Gasteiger partial charge in [0, 0.05) is 18.9 Å². The summed E-state index contributed by atoms with van der Waals surface area (Å²) in [5, 5.41) is 3.01. The lowest BCUT2D eigenvalue weighted by atomic mass is 9.96. The van der Waals surface area contributed by atoms with E-state index in [-0.39, 0.29) is 11.8 Å². The summed E-state index contributed by atoms with van der Waals surface area (Å²) in [5.41, 5.74) is 3.53. The molecule has 1 aromatic heterocycles. The number of nitrogens with zero attached hydrogens (tertiary/aromatic N) is 1. The minimum atomic E-state index is -0.128. The van der Waals surface area contributed by atoms with Crippen molar-refractivity contribution in [2.75, 3.05) is 6.54 Å². The lowest BCUT2D eigenvalue weighted by Crippen LogP contribution is -2.29. The Kier molecular flexibility index (Phi) is 6.33. The van der Waals surface area contributed by atoms with Gasteiger partial charge in [-0.2, -0.15) is 0 Å². The molecule has 1 aromatic carbocycles. The summed E-state index contributed by atoms with van der Waals surface area (Å²) in [6, 6.07) is 12.4. The molecule has 3 nitrogen and oxygen atoms in total. The van der Waals surface area contributed by atoms with Gasteiger partial charge in [-0.1, -0.05) is 44.2 Å². The van der Waals surface area contributed by atoms with Crippen LogP contribution in [-0.2, 0) is 17.6 Å². The number of carbonyl (C=O) groups is 1. The summed E-state index contributed by atoms with van der Waals surface area (Å²) in [5.74, 6) is 0.594. The third-order valence-corrected chi connectivity index (χ3v) is 3.95. The van der Waals surface area contributed by atoms with Gasteiger partial charge in [-0.05, 0) is 48.4 Å². The van der Waals surface area contributed by atoms with Crippen LogP contribution in [0.2, 0.25) is 0 Å². The van der Waals surface area contributed by atoms with Gasteiger partial charge in [-0.3, -0.25) is 9.78 Å². The quantitative estimate of drug-likeness (QED) is 0.846. The van der Waals surface area contributed by atoms with Crippen LogP contribution in [0.25, 0.3) is 0 Å². The van der Waals surface area contributed by atoms with Gasteiger partial charge in [0.05, 0.1) is 5.92 Å². The van der Waals surface area contributed by atoms with Crippen LogP contribution < -0.4 is 5.32 Å². The first kappa shape index (κ1) is 17.2. The summed E-state index contributed by atoms with van der Waals surface area (Å²) in [6.07, 6.45) is 5.47. The van der Waals surface area contributed by atoms with Gasteiger partial charge in [0.25, 0.3) is 0 Å². The van der Waals surface area contributed by atoms with Crippen molar-refractivity contribution >= 4 is 5.91 Å². The van der Waals surface area contributed by atoms with Crippen molar-refractivity contribution in [2.24, 2.45) is 5.92 Å². The fraction of sp³-hybridized carbons (Fsp3) is 0.400. The number of amides is 1. The summed E-state index contributed by atoms with van der Waals surface area (Å²) in [4.78, 5) is 16.4. The zero-order valence-corrected chi connectivity index (χ0v) is 14.3. The molecule has 0 aliphatic heterocycles. The molecule has 0 aliphatic rings. The third-order valence-electron chi connectivity index (χ3n) is 3.95. The minimum absolute atomic E-state index is 0.0745. The Morgan fingerprint density at radius 3 is 2.43 bits per heavy atom. The maximum absolute atomic E-state index is 12.3. The Morgan fingerprint density at radius 2 is 1.83 bits per heavy atom. The zero-order valence-electron chi connectivity index (χ0n) is 14.3. The van der Waals surface area contributed by atoms with Gasteiger partial charge in [0.1, 0.15) is 0 Å². The lowest BCUT2D eigenvalue weighted by molar-refractivity contribution is -0.122. The molecule has 0 fully saturated rings. The SMILES string of the molecule is CC(C)Cc1ccc(C(C)C(=O)NCCc2cccnc2)cc1. The smallest absolute Gasteiger partial charge is 0.227 e.